The van der Waals surface area contributed by atoms with E-state index in [4.69, 9.17) is 14.7 Å². The molecular weight excluding hydrogens is 214 g/mol. The van der Waals surface area contributed by atoms with Crippen LogP contribution in [-0.2, 0) is 9.57 Å². The lowest BCUT2D eigenvalue weighted by atomic mass is 9.85. The van der Waals surface area contributed by atoms with Gasteiger partial charge in [0.1, 0.15) is 12.2 Å². The van der Waals surface area contributed by atoms with Crippen LogP contribution in [0.3, 0.4) is 0 Å². The number of hydrogen-bond acceptors (Lipinski definition) is 6. The van der Waals surface area contributed by atoms with Crippen molar-refractivity contribution in [2.75, 3.05) is 13.2 Å². The molecule has 0 bridgehead atoms. The first kappa shape index (κ1) is 10.9. The second kappa shape index (κ2) is 3.90. The normalized spacial score (nSPS) is 52.7. The molecule has 6 atom stereocenters. The van der Waals surface area contributed by atoms with Crippen LogP contribution in [-0.4, -0.2) is 64.2 Å². The Kier molecular flexibility index (Phi) is 2.66. The van der Waals surface area contributed by atoms with Crippen LogP contribution < -0.4 is 0 Å². The first-order valence-corrected chi connectivity index (χ1v) is 5.78. The predicted octanol–water partition coefficient (Wildman–Crippen LogP) is -1.55. The lowest BCUT2D eigenvalue weighted by Gasteiger charge is -2.38. The Bertz CT molecular complexity index is 274. The Morgan fingerprint density at radius 3 is 2.81 bits per heavy atom. The number of aliphatic hydroxyl groups is 3. The molecule has 6 heteroatoms. The molecule has 3 N–H and O–H groups in total. The fourth-order valence-corrected chi connectivity index (χ4v) is 3.02. The van der Waals surface area contributed by atoms with Crippen molar-refractivity contribution in [2.45, 2.75) is 43.5 Å². The van der Waals surface area contributed by atoms with E-state index in [2.05, 4.69) is 0 Å². The van der Waals surface area contributed by atoms with E-state index in [0.717, 1.165) is 19.4 Å². The highest BCUT2D eigenvalue weighted by Gasteiger charge is 2.55. The number of aliphatic hydroxyl groups excluding tert-OH is 3. The van der Waals surface area contributed by atoms with Crippen LogP contribution in [0.15, 0.2) is 0 Å². The number of rotatable bonds is 1. The minimum Gasteiger partial charge on any atom is -0.394 e. The Balaban J connectivity index is 1.81. The molecule has 0 radical (unpaired) electrons. The van der Waals surface area contributed by atoms with Crippen molar-refractivity contribution in [1.29, 1.82) is 0 Å². The van der Waals surface area contributed by atoms with Crippen LogP contribution >= 0.6 is 0 Å². The third-order valence-electron chi connectivity index (χ3n) is 3.86. The van der Waals surface area contributed by atoms with E-state index in [1.165, 1.54) is 0 Å². The van der Waals surface area contributed by atoms with Crippen molar-refractivity contribution < 1.29 is 24.9 Å². The van der Waals surface area contributed by atoms with Gasteiger partial charge in [-0.05, 0) is 12.8 Å². The monoisotopic (exact) mass is 231 g/mol. The minimum absolute atomic E-state index is 0.134. The second-order valence-corrected chi connectivity index (χ2v) is 4.74. The molecule has 0 unspecified atom stereocenters. The maximum Gasteiger partial charge on any atom is 0.185 e. The molecule has 3 rings (SSSR count). The Hall–Kier alpha value is -0.240. The van der Waals surface area contributed by atoms with Gasteiger partial charge in [0.25, 0.3) is 0 Å². The summed E-state index contributed by atoms with van der Waals surface area (Å²) in [6.07, 6.45) is -1.20. The van der Waals surface area contributed by atoms with Gasteiger partial charge >= 0.3 is 0 Å². The number of hydrogen-bond donors (Lipinski definition) is 3. The third kappa shape index (κ3) is 1.42. The van der Waals surface area contributed by atoms with Gasteiger partial charge in [0.2, 0.25) is 0 Å². The maximum atomic E-state index is 10.0. The molecule has 6 nitrogen and oxygen atoms in total. The minimum atomic E-state index is -1.03. The molecule has 0 aliphatic carbocycles. The number of ether oxygens (including phenoxy) is 1. The van der Waals surface area contributed by atoms with Gasteiger partial charge in [0.15, 0.2) is 6.29 Å². The molecule has 16 heavy (non-hydrogen) atoms. The molecule has 0 aromatic rings. The molecule has 0 spiro atoms. The van der Waals surface area contributed by atoms with Gasteiger partial charge in [-0.15, -0.1) is 0 Å². The Morgan fingerprint density at radius 2 is 2.06 bits per heavy atom. The van der Waals surface area contributed by atoms with E-state index in [1.54, 1.807) is 0 Å². The van der Waals surface area contributed by atoms with Crippen LogP contribution in [0.1, 0.15) is 12.8 Å². The number of fused-ring (bicyclic) bond motifs is 3. The average Bonchev–Trinajstić information content (AvgIpc) is 2.82. The van der Waals surface area contributed by atoms with Crippen molar-refractivity contribution in [3.05, 3.63) is 0 Å². The van der Waals surface area contributed by atoms with Crippen molar-refractivity contribution in [1.82, 2.24) is 5.06 Å². The van der Waals surface area contributed by atoms with Crippen LogP contribution in [0.25, 0.3) is 0 Å². The average molecular weight is 231 g/mol. The van der Waals surface area contributed by atoms with E-state index in [9.17, 15) is 10.2 Å². The highest BCUT2D eigenvalue weighted by atomic mass is 16.8. The fraction of sp³-hybridized carbons (Fsp3) is 1.00. The summed E-state index contributed by atoms with van der Waals surface area (Å²) in [5.41, 5.74) is 0. The van der Waals surface area contributed by atoms with E-state index < -0.39 is 24.6 Å². The van der Waals surface area contributed by atoms with Crippen molar-refractivity contribution in [3.8, 4) is 0 Å². The SMILES string of the molecule is OC[C@H]1O[C@@H]2ON3CCC[C@H]3[C@@H]2[C@@H](O)[C@@H]1O. The molecule has 0 aromatic carbocycles. The molecule has 3 aliphatic heterocycles. The van der Waals surface area contributed by atoms with Gasteiger partial charge in [-0.1, -0.05) is 0 Å². The van der Waals surface area contributed by atoms with Gasteiger partial charge in [-0.25, -0.2) is 0 Å². The quantitative estimate of drug-likeness (QED) is 0.507. The molecule has 92 valence electrons. The first-order valence-electron chi connectivity index (χ1n) is 5.78. The van der Waals surface area contributed by atoms with Crippen LogP contribution in [0.2, 0.25) is 0 Å². The highest BCUT2D eigenvalue weighted by Crippen LogP contribution is 2.41. The van der Waals surface area contributed by atoms with Crippen molar-refractivity contribution >= 4 is 0 Å². The largest absolute Gasteiger partial charge is 0.394 e. The van der Waals surface area contributed by atoms with Gasteiger partial charge in [-0.3, -0.25) is 4.84 Å². The molecule has 0 amide bonds. The van der Waals surface area contributed by atoms with E-state index in [0.29, 0.717) is 0 Å². The molecular formula is C10H17NO5. The molecule has 3 saturated heterocycles. The Morgan fingerprint density at radius 1 is 1.25 bits per heavy atom. The summed E-state index contributed by atoms with van der Waals surface area (Å²) in [5.74, 6) is -0.208. The number of hydroxylamine groups is 2. The van der Waals surface area contributed by atoms with E-state index >= 15 is 0 Å². The van der Waals surface area contributed by atoms with Gasteiger partial charge in [-0.2, -0.15) is 5.06 Å². The third-order valence-corrected chi connectivity index (χ3v) is 3.86. The zero-order valence-corrected chi connectivity index (χ0v) is 8.90. The maximum absolute atomic E-state index is 10.0. The van der Waals surface area contributed by atoms with Gasteiger partial charge < -0.3 is 20.1 Å². The highest BCUT2D eigenvalue weighted by molar-refractivity contribution is 4.98. The summed E-state index contributed by atoms with van der Waals surface area (Å²) in [4.78, 5) is 5.57. The van der Waals surface area contributed by atoms with E-state index in [-0.39, 0.29) is 18.6 Å². The smallest absolute Gasteiger partial charge is 0.185 e. The van der Waals surface area contributed by atoms with E-state index in [1.807, 2.05) is 5.06 Å². The molecule has 0 aromatic heterocycles. The standard InChI is InChI=1S/C10H17NO5/c12-4-6-8(13)9(14)7-5-2-1-3-11(5)16-10(7)15-6/h5-10,12-14H,1-4H2/t5-,6+,7+,8+,9+,10+/m0/s1. The van der Waals surface area contributed by atoms with Crippen LogP contribution in [0.4, 0.5) is 0 Å². The van der Waals surface area contributed by atoms with Crippen LogP contribution in [0, 0.1) is 5.92 Å². The summed E-state index contributed by atoms with van der Waals surface area (Å²) in [5, 5.41) is 30.7. The molecule has 3 heterocycles. The molecule has 3 aliphatic rings. The van der Waals surface area contributed by atoms with Crippen LogP contribution in [0.5, 0.6) is 0 Å². The summed E-state index contributed by atoms with van der Waals surface area (Å²) in [6.45, 7) is 0.531. The summed E-state index contributed by atoms with van der Waals surface area (Å²) >= 11 is 0. The predicted molar refractivity (Wildman–Crippen MR) is 52.1 cm³/mol. The first-order chi connectivity index (χ1) is 7.72. The molecule has 3 fully saturated rings. The summed E-state index contributed by atoms with van der Waals surface area (Å²) < 4.78 is 5.45. The van der Waals surface area contributed by atoms with Gasteiger partial charge in [0.05, 0.1) is 18.6 Å². The number of nitrogens with zero attached hydrogens (tertiary/aromatic N) is 1. The van der Waals surface area contributed by atoms with Crippen molar-refractivity contribution in [2.24, 2.45) is 5.92 Å². The zero-order valence-electron chi connectivity index (χ0n) is 8.90. The fourth-order valence-electron chi connectivity index (χ4n) is 3.02. The zero-order chi connectivity index (χ0) is 11.3. The summed E-state index contributed by atoms with van der Waals surface area (Å²) in [6, 6.07) is 0.134. The summed E-state index contributed by atoms with van der Waals surface area (Å²) in [7, 11) is 0. The topological polar surface area (TPSA) is 82.4 Å². The lowest BCUT2D eigenvalue weighted by molar-refractivity contribution is -0.297. The lowest BCUT2D eigenvalue weighted by Crippen LogP contribution is -2.56. The van der Waals surface area contributed by atoms with Gasteiger partial charge in [0, 0.05) is 12.6 Å². The second-order valence-electron chi connectivity index (χ2n) is 4.74. The molecule has 0 saturated carbocycles. The van der Waals surface area contributed by atoms with Crippen molar-refractivity contribution in [3.63, 3.8) is 0 Å². The Labute approximate surface area is 93.3 Å².